The van der Waals surface area contributed by atoms with Gasteiger partial charge in [-0.3, -0.25) is 4.79 Å². The first-order valence-electron chi connectivity index (χ1n) is 13.2. The van der Waals surface area contributed by atoms with Crippen molar-refractivity contribution >= 4 is 18.6 Å². The molecule has 3 fully saturated rings. The largest absolute Gasteiger partial charge is 0.458 e. The number of hydrogen-bond acceptors (Lipinski definition) is 4. The molecule has 0 aromatic carbocycles. The molecule has 0 aromatic heterocycles. The van der Waals surface area contributed by atoms with Crippen LogP contribution in [0.5, 0.6) is 0 Å². The van der Waals surface area contributed by atoms with Crippen LogP contribution in [0.15, 0.2) is 47.1 Å². The number of ether oxygens (including phenoxy) is 1. The Labute approximate surface area is 232 Å². The molecule has 0 aliphatic heterocycles. The maximum Gasteiger partial charge on any atom is 0.303 e. The maximum absolute atomic E-state index is 11.2. The SMILES string of the molecule is C.C#C.C=C1/C(=C\C=C2/CCC[C@]3(C)CCC=C23)CCC[C@@H]1OC(C)=O.CC(C)(O)C#CCC1(S)CC1. The second kappa shape index (κ2) is 14.1. The summed E-state index contributed by atoms with van der Waals surface area (Å²) in [6, 6.07) is 0. The average Bonchev–Trinajstić information content (AvgIpc) is 3.39. The highest BCUT2D eigenvalue weighted by Gasteiger charge is 2.38. The van der Waals surface area contributed by atoms with E-state index in [1.165, 1.54) is 50.2 Å². The van der Waals surface area contributed by atoms with Gasteiger partial charge in [0.25, 0.3) is 0 Å². The second-order valence-corrected chi connectivity index (χ2v) is 12.2. The minimum atomic E-state index is -0.848. The van der Waals surface area contributed by atoms with Crippen LogP contribution in [-0.2, 0) is 9.53 Å². The van der Waals surface area contributed by atoms with Crippen molar-refractivity contribution in [2.45, 2.75) is 122 Å². The zero-order valence-electron chi connectivity index (χ0n) is 22.7. The van der Waals surface area contributed by atoms with E-state index in [9.17, 15) is 9.90 Å². The minimum Gasteiger partial charge on any atom is -0.458 e. The molecular formula is C33H48O3S. The van der Waals surface area contributed by atoms with Crippen molar-refractivity contribution in [3.8, 4) is 24.7 Å². The second-order valence-electron chi connectivity index (χ2n) is 11.2. The van der Waals surface area contributed by atoms with Crippen molar-refractivity contribution in [1.82, 2.24) is 0 Å². The number of carbonyl (C=O) groups excluding carboxylic acids is 1. The van der Waals surface area contributed by atoms with Crippen LogP contribution >= 0.6 is 12.6 Å². The first-order valence-corrected chi connectivity index (χ1v) is 13.6. The van der Waals surface area contributed by atoms with Crippen LogP contribution in [0.3, 0.4) is 0 Å². The highest BCUT2D eigenvalue weighted by molar-refractivity contribution is 7.82. The number of carbonyl (C=O) groups is 1. The summed E-state index contributed by atoms with van der Waals surface area (Å²) >= 11 is 4.41. The first kappa shape index (κ1) is 32.9. The molecule has 204 valence electrons. The van der Waals surface area contributed by atoms with Gasteiger partial charge in [-0.05, 0) is 106 Å². The van der Waals surface area contributed by atoms with Gasteiger partial charge < -0.3 is 9.84 Å². The van der Waals surface area contributed by atoms with E-state index < -0.39 is 5.60 Å². The molecule has 0 heterocycles. The topological polar surface area (TPSA) is 46.5 Å². The van der Waals surface area contributed by atoms with E-state index in [2.05, 4.69) is 69.0 Å². The van der Waals surface area contributed by atoms with Gasteiger partial charge in [-0.15, -0.1) is 12.8 Å². The molecule has 3 nitrogen and oxygen atoms in total. The molecule has 0 saturated heterocycles. The van der Waals surface area contributed by atoms with Crippen LogP contribution in [0, 0.1) is 30.1 Å². The van der Waals surface area contributed by atoms with E-state index in [0.717, 1.165) is 44.1 Å². The van der Waals surface area contributed by atoms with Crippen molar-refractivity contribution in [3.05, 3.63) is 47.1 Å². The first-order chi connectivity index (χ1) is 16.9. The van der Waals surface area contributed by atoms with Gasteiger partial charge in [0.1, 0.15) is 11.7 Å². The Hall–Kier alpha value is -2.14. The Balaban J connectivity index is 0.000000414. The number of allylic oxidation sites excluding steroid dienone is 5. The third-order valence-electron chi connectivity index (χ3n) is 7.36. The van der Waals surface area contributed by atoms with E-state index >= 15 is 0 Å². The van der Waals surface area contributed by atoms with Crippen LogP contribution in [0.1, 0.15) is 106 Å². The summed E-state index contributed by atoms with van der Waals surface area (Å²) in [5, 5.41) is 9.24. The summed E-state index contributed by atoms with van der Waals surface area (Å²) in [5.41, 5.74) is 4.89. The van der Waals surface area contributed by atoms with Gasteiger partial charge >= 0.3 is 5.97 Å². The molecule has 4 aliphatic carbocycles. The molecule has 0 spiro atoms. The molecular weight excluding hydrogens is 476 g/mol. The number of thiol groups is 1. The van der Waals surface area contributed by atoms with Gasteiger partial charge in [-0.2, -0.15) is 12.6 Å². The normalized spacial score (nSPS) is 27.5. The number of esters is 1. The van der Waals surface area contributed by atoms with Gasteiger partial charge in [0, 0.05) is 18.1 Å². The predicted octanol–water partition coefficient (Wildman–Crippen LogP) is 7.92. The Morgan fingerprint density at radius 2 is 1.84 bits per heavy atom. The van der Waals surface area contributed by atoms with Crippen LogP contribution < -0.4 is 0 Å². The molecule has 4 aliphatic rings. The highest BCUT2D eigenvalue weighted by atomic mass is 32.1. The summed E-state index contributed by atoms with van der Waals surface area (Å²) in [5.74, 6) is 5.51. The fraction of sp³-hybridized carbons (Fsp3) is 0.606. The molecule has 37 heavy (non-hydrogen) atoms. The van der Waals surface area contributed by atoms with Crippen molar-refractivity contribution in [2.24, 2.45) is 5.41 Å². The quantitative estimate of drug-likeness (QED) is 0.224. The molecule has 3 saturated carbocycles. The van der Waals surface area contributed by atoms with Crippen LogP contribution in [0.4, 0.5) is 0 Å². The van der Waals surface area contributed by atoms with Crippen molar-refractivity contribution in [3.63, 3.8) is 0 Å². The zero-order chi connectivity index (χ0) is 27.0. The summed E-state index contributed by atoms with van der Waals surface area (Å²) in [6.45, 7) is 11.5. The maximum atomic E-state index is 11.2. The van der Waals surface area contributed by atoms with Gasteiger partial charge in [0.05, 0.1) is 0 Å². The monoisotopic (exact) mass is 524 g/mol. The Morgan fingerprint density at radius 1 is 1.22 bits per heavy atom. The zero-order valence-corrected chi connectivity index (χ0v) is 23.6. The van der Waals surface area contributed by atoms with Crippen molar-refractivity contribution < 1.29 is 14.6 Å². The third-order valence-corrected chi connectivity index (χ3v) is 7.97. The lowest BCUT2D eigenvalue weighted by Crippen LogP contribution is -2.23. The van der Waals surface area contributed by atoms with Crippen LogP contribution in [0.25, 0.3) is 0 Å². The Kier molecular flexibility index (Phi) is 12.6. The molecule has 2 atom stereocenters. The lowest BCUT2D eigenvalue weighted by Gasteiger charge is -2.34. The molecule has 0 bridgehead atoms. The van der Waals surface area contributed by atoms with E-state index in [-0.39, 0.29) is 24.2 Å². The highest BCUT2D eigenvalue weighted by Crippen LogP contribution is 2.50. The van der Waals surface area contributed by atoms with Crippen molar-refractivity contribution in [1.29, 1.82) is 0 Å². The summed E-state index contributed by atoms with van der Waals surface area (Å²) in [4.78, 5) is 11.2. The molecule has 0 radical (unpaired) electrons. The standard InChI is InChI=1S/C21H28O2.C9H14OS.C2H2.CH4/c1-15-17(7-4-10-20(15)23-16(2)22)11-12-18-8-5-13-21(3)14-6-9-19(18)21;1-8(2,10)4-3-5-9(11)6-7-9;1-2;/h9,11-12,20H,1,4-8,10,13-14H2,2-3H3;10-11H,5-7H2,1-2H3;1-2H;1H4/b17-11-,18-12+;;;/t20-,21+;;;/m0.../s1. The smallest absolute Gasteiger partial charge is 0.303 e. The summed E-state index contributed by atoms with van der Waals surface area (Å²) < 4.78 is 5.58. The lowest BCUT2D eigenvalue weighted by atomic mass is 9.70. The van der Waals surface area contributed by atoms with E-state index in [1.807, 2.05) is 0 Å². The van der Waals surface area contributed by atoms with E-state index in [4.69, 9.17) is 4.74 Å². The molecule has 0 amide bonds. The van der Waals surface area contributed by atoms with E-state index in [0.29, 0.717) is 5.41 Å². The molecule has 4 rings (SSSR count). The summed E-state index contributed by atoms with van der Waals surface area (Å²) in [7, 11) is 0. The minimum absolute atomic E-state index is 0. The fourth-order valence-corrected chi connectivity index (χ4v) is 5.35. The Bertz CT molecular complexity index is 988. The van der Waals surface area contributed by atoms with Crippen LogP contribution in [0.2, 0.25) is 0 Å². The molecule has 0 unspecified atom stereocenters. The van der Waals surface area contributed by atoms with Crippen molar-refractivity contribution in [2.75, 3.05) is 0 Å². The number of aliphatic hydroxyl groups is 1. The number of hydrogen-bond donors (Lipinski definition) is 2. The summed E-state index contributed by atoms with van der Waals surface area (Å²) in [6.07, 6.45) is 27.3. The van der Waals surface area contributed by atoms with Gasteiger partial charge in [0.2, 0.25) is 0 Å². The molecule has 1 N–H and O–H groups in total. The third kappa shape index (κ3) is 10.3. The van der Waals surface area contributed by atoms with Gasteiger partial charge in [-0.25, -0.2) is 0 Å². The lowest BCUT2D eigenvalue weighted by molar-refractivity contribution is -0.145. The number of fused-ring (bicyclic) bond motifs is 1. The van der Waals surface area contributed by atoms with Gasteiger partial charge in [-0.1, -0.05) is 51.0 Å². The average molecular weight is 525 g/mol. The fourth-order valence-electron chi connectivity index (χ4n) is 5.16. The van der Waals surface area contributed by atoms with E-state index in [1.54, 1.807) is 19.4 Å². The predicted molar refractivity (Wildman–Crippen MR) is 160 cm³/mol. The Morgan fingerprint density at radius 3 is 2.43 bits per heavy atom. The van der Waals surface area contributed by atoms with Crippen LogP contribution in [-0.4, -0.2) is 27.5 Å². The van der Waals surface area contributed by atoms with Gasteiger partial charge in [0.15, 0.2) is 0 Å². The number of terminal acetylenes is 1. The molecule has 4 heteroatoms. The number of rotatable bonds is 3. The molecule has 0 aromatic rings.